The Morgan fingerprint density at radius 1 is 1.40 bits per heavy atom. The second kappa shape index (κ2) is 9.07. The lowest BCUT2D eigenvalue weighted by molar-refractivity contribution is 0.114. The van der Waals surface area contributed by atoms with E-state index in [-0.39, 0.29) is 24.0 Å². The molecule has 0 bridgehead atoms. The van der Waals surface area contributed by atoms with E-state index in [1.54, 1.807) is 0 Å². The van der Waals surface area contributed by atoms with Gasteiger partial charge in [-0.3, -0.25) is 4.99 Å². The Bertz CT molecular complexity index is 311. The molecule has 3 unspecified atom stereocenters. The van der Waals surface area contributed by atoms with Crippen molar-refractivity contribution in [2.24, 2.45) is 16.8 Å². The fourth-order valence-electron chi connectivity index (χ4n) is 3.02. The van der Waals surface area contributed by atoms with Gasteiger partial charge in [0.25, 0.3) is 0 Å². The van der Waals surface area contributed by atoms with Crippen molar-refractivity contribution < 1.29 is 4.74 Å². The zero-order valence-corrected chi connectivity index (χ0v) is 15.4. The van der Waals surface area contributed by atoms with Crippen molar-refractivity contribution in [3.05, 3.63) is 0 Å². The Balaban J connectivity index is 0.00000200. The predicted molar refractivity (Wildman–Crippen MR) is 94.9 cm³/mol. The van der Waals surface area contributed by atoms with Gasteiger partial charge >= 0.3 is 0 Å². The van der Waals surface area contributed by atoms with Gasteiger partial charge in [0.2, 0.25) is 0 Å². The number of rotatable bonds is 6. The summed E-state index contributed by atoms with van der Waals surface area (Å²) < 4.78 is 5.53. The van der Waals surface area contributed by atoms with Gasteiger partial charge in [0.05, 0.1) is 6.61 Å². The fourth-order valence-corrected chi connectivity index (χ4v) is 3.02. The molecule has 1 heterocycles. The van der Waals surface area contributed by atoms with Crippen LogP contribution in [-0.2, 0) is 4.74 Å². The minimum Gasteiger partial charge on any atom is -0.381 e. The molecule has 4 nitrogen and oxygen atoms in total. The number of ether oxygens (including phenoxy) is 1. The smallest absolute Gasteiger partial charge is 0.193 e. The van der Waals surface area contributed by atoms with Gasteiger partial charge in [0.15, 0.2) is 5.96 Å². The molecule has 0 aromatic carbocycles. The van der Waals surface area contributed by atoms with E-state index in [9.17, 15) is 0 Å². The summed E-state index contributed by atoms with van der Waals surface area (Å²) in [5, 5.41) is 3.63. The van der Waals surface area contributed by atoms with Crippen LogP contribution < -0.4 is 5.32 Å². The van der Waals surface area contributed by atoms with Gasteiger partial charge in [-0.15, -0.1) is 24.0 Å². The summed E-state index contributed by atoms with van der Waals surface area (Å²) in [5.41, 5.74) is 0. The van der Waals surface area contributed by atoms with Gasteiger partial charge in [-0.05, 0) is 32.1 Å². The number of guanidine groups is 1. The third-order valence-electron chi connectivity index (χ3n) is 4.25. The molecule has 1 N–H and O–H groups in total. The number of aliphatic imine (C=N–C) groups is 1. The molecule has 0 spiro atoms. The lowest BCUT2D eigenvalue weighted by Crippen LogP contribution is -2.41. The highest BCUT2D eigenvalue weighted by atomic mass is 127. The molecule has 2 aliphatic rings. The van der Waals surface area contributed by atoms with Crippen molar-refractivity contribution in [3.8, 4) is 0 Å². The molecule has 1 aliphatic carbocycles. The van der Waals surface area contributed by atoms with Gasteiger partial charge in [-0.1, -0.05) is 13.3 Å². The van der Waals surface area contributed by atoms with Crippen molar-refractivity contribution in [1.82, 2.24) is 10.2 Å². The molecule has 1 saturated heterocycles. The summed E-state index contributed by atoms with van der Waals surface area (Å²) in [6.45, 7) is 8.25. The highest BCUT2D eigenvalue weighted by molar-refractivity contribution is 14.0. The number of likely N-dealkylation sites (tertiary alicyclic amines) is 1. The first-order valence-electron chi connectivity index (χ1n) is 7.84. The van der Waals surface area contributed by atoms with Gasteiger partial charge in [-0.25, -0.2) is 0 Å². The van der Waals surface area contributed by atoms with E-state index in [2.05, 4.69) is 29.1 Å². The molecule has 5 heteroatoms. The van der Waals surface area contributed by atoms with Crippen LogP contribution >= 0.6 is 24.0 Å². The van der Waals surface area contributed by atoms with E-state index in [4.69, 9.17) is 4.74 Å². The van der Waals surface area contributed by atoms with Crippen LogP contribution in [-0.4, -0.2) is 50.3 Å². The average Bonchev–Trinajstić information content (AvgIpc) is 2.98. The van der Waals surface area contributed by atoms with Crippen LogP contribution in [0.4, 0.5) is 0 Å². The maximum atomic E-state index is 5.53. The maximum absolute atomic E-state index is 5.53. The number of hydrogen-bond acceptors (Lipinski definition) is 2. The zero-order valence-electron chi connectivity index (χ0n) is 13.1. The molecule has 1 saturated carbocycles. The van der Waals surface area contributed by atoms with Crippen LogP contribution in [0, 0.1) is 11.8 Å². The second-order valence-corrected chi connectivity index (χ2v) is 5.84. The van der Waals surface area contributed by atoms with Gasteiger partial charge in [-0.2, -0.15) is 0 Å². The lowest BCUT2D eigenvalue weighted by atomic mass is 10.1. The largest absolute Gasteiger partial charge is 0.381 e. The highest BCUT2D eigenvalue weighted by Gasteiger charge is 2.38. The average molecular weight is 395 g/mol. The van der Waals surface area contributed by atoms with E-state index in [0.717, 1.165) is 38.2 Å². The Labute approximate surface area is 140 Å². The van der Waals surface area contributed by atoms with Crippen molar-refractivity contribution in [1.29, 1.82) is 0 Å². The van der Waals surface area contributed by atoms with Crippen molar-refractivity contribution in [2.45, 2.75) is 45.6 Å². The number of nitrogens with one attached hydrogen (secondary N) is 1. The van der Waals surface area contributed by atoms with Gasteiger partial charge in [0, 0.05) is 38.7 Å². The SMILES string of the molecule is CCCC1CC1NC(=NC)N1CCC(COCC)C1.I. The van der Waals surface area contributed by atoms with E-state index in [1.807, 2.05) is 7.05 Å². The Hall–Kier alpha value is -0.0400. The third kappa shape index (κ3) is 5.06. The molecule has 2 fully saturated rings. The molecule has 2 rings (SSSR count). The van der Waals surface area contributed by atoms with Crippen molar-refractivity contribution >= 4 is 29.9 Å². The van der Waals surface area contributed by atoms with Crippen LogP contribution in [0.25, 0.3) is 0 Å². The lowest BCUT2D eigenvalue weighted by Gasteiger charge is -2.22. The minimum absolute atomic E-state index is 0. The maximum Gasteiger partial charge on any atom is 0.193 e. The monoisotopic (exact) mass is 395 g/mol. The minimum atomic E-state index is 0. The van der Waals surface area contributed by atoms with Crippen molar-refractivity contribution in [3.63, 3.8) is 0 Å². The summed E-state index contributed by atoms with van der Waals surface area (Å²) in [4.78, 5) is 6.84. The molecule has 20 heavy (non-hydrogen) atoms. The number of hydrogen-bond donors (Lipinski definition) is 1. The second-order valence-electron chi connectivity index (χ2n) is 5.84. The first kappa shape index (κ1) is 18.0. The first-order valence-corrected chi connectivity index (χ1v) is 7.84. The molecule has 0 radical (unpaired) electrons. The Morgan fingerprint density at radius 3 is 2.85 bits per heavy atom. The molecular formula is C15H30IN3O. The molecule has 1 aliphatic heterocycles. The van der Waals surface area contributed by atoms with Crippen LogP contribution in [0.2, 0.25) is 0 Å². The number of halogens is 1. The highest BCUT2D eigenvalue weighted by Crippen LogP contribution is 2.34. The van der Waals surface area contributed by atoms with Crippen LogP contribution in [0.5, 0.6) is 0 Å². The van der Waals surface area contributed by atoms with Crippen LogP contribution in [0.15, 0.2) is 4.99 Å². The first-order chi connectivity index (χ1) is 9.28. The quantitative estimate of drug-likeness (QED) is 0.427. The molecule has 118 valence electrons. The summed E-state index contributed by atoms with van der Waals surface area (Å²) in [6.07, 6.45) is 5.19. The van der Waals surface area contributed by atoms with Crippen LogP contribution in [0.1, 0.15) is 39.5 Å². The summed E-state index contributed by atoms with van der Waals surface area (Å²) in [6, 6.07) is 0.671. The van der Waals surface area contributed by atoms with Crippen LogP contribution in [0.3, 0.4) is 0 Å². The topological polar surface area (TPSA) is 36.9 Å². The van der Waals surface area contributed by atoms with E-state index < -0.39 is 0 Å². The fraction of sp³-hybridized carbons (Fsp3) is 0.933. The molecular weight excluding hydrogens is 365 g/mol. The van der Waals surface area contributed by atoms with Crippen molar-refractivity contribution in [2.75, 3.05) is 33.4 Å². The summed E-state index contributed by atoms with van der Waals surface area (Å²) in [5.74, 6) is 2.65. The Kier molecular flexibility index (Phi) is 8.17. The summed E-state index contributed by atoms with van der Waals surface area (Å²) in [7, 11) is 1.90. The van der Waals surface area contributed by atoms with Gasteiger partial charge in [0.1, 0.15) is 0 Å². The normalized spacial score (nSPS) is 29.2. The molecule has 0 aromatic rings. The Morgan fingerprint density at radius 2 is 2.20 bits per heavy atom. The van der Waals surface area contributed by atoms with E-state index >= 15 is 0 Å². The summed E-state index contributed by atoms with van der Waals surface area (Å²) >= 11 is 0. The molecule has 0 aromatic heterocycles. The van der Waals surface area contributed by atoms with E-state index in [1.165, 1.54) is 25.7 Å². The standard InChI is InChI=1S/C15H29N3O.HI/c1-4-6-13-9-14(13)17-15(16-3)18-8-7-12(10-18)11-19-5-2;/h12-14H,4-11H2,1-3H3,(H,16,17);1H. The molecule has 0 amide bonds. The zero-order chi connectivity index (χ0) is 13.7. The predicted octanol–water partition coefficient (Wildman–Crippen LogP) is 2.73. The van der Waals surface area contributed by atoms with Gasteiger partial charge < -0.3 is 15.0 Å². The third-order valence-corrected chi connectivity index (χ3v) is 4.25. The number of nitrogens with zero attached hydrogens (tertiary/aromatic N) is 2. The molecule has 3 atom stereocenters. The van der Waals surface area contributed by atoms with E-state index in [0.29, 0.717) is 12.0 Å².